The van der Waals surface area contributed by atoms with Gasteiger partial charge in [0.25, 0.3) is 11.1 Å². The van der Waals surface area contributed by atoms with Crippen LogP contribution in [0.3, 0.4) is 0 Å². The molecule has 3 amide bonds. The first-order valence-electron chi connectivity index (χ1n) is 9.00. The number of thioether (sulfide) groups is 1. The maximum atomic E-state index is 12.9. The van der Waals surface area contributed by atoms with Crippen LogP contribution in [0.2, 0.25) is 0 Å². The van der Waals surface area contributed by atoms with Gasteiger partial charge in [0, 0.05) is 5.69 Å². The van der Waals surface area contributed by atoms with Crippen LogP contribution in [-0.2, 0) is 9.59 Å². The van der Waals surface area contributed by atoms with Gasteiger partial charge in [-0.25, -0.2) is 4.39 Å². The van der Waals surface area contributed by atoms with E-state index in [4.69, 9.17) is 4.74 Å². The zero-order chi connectivity index (χ0) is 20.8. The maximum Gasteiger partial charge on any atom is 0.294 e. The van der Waals surface area contributed by atoms with Gasteiger partial charge in [-0.05, 0) is 66.2 Å². The number of carbonyl (C=O) groups excluding carboxylic acids is 3. The maximum absolute atomic E-state index is 12.9. The molecule has 3 rings (SSSR count). The fourth-order valence-electron chi connectivity index (χ4n) is 2.55. The molecule has 0 aliphatic carbocycles. The average molecular weight is 414 g/mol. The molecule has 0 unspecified atom stereocenters. The molecule has 1 heterocycles. The molecule has 8 heteroatoms. The number of imide groups is 1. The lowest BCUT2D eigenvalue weighted by atomic mass is 10.2. The van der Waals surface area contributed by atoms with Crippen LogP contribution in [-0.4, -0.2) is 35.1 Å². The van der Waals surface area contributed by atoms with Gasteiger partial charge in [0.15, 0.2) is 0 Å². The van der Waals surface area contributed by atoms with E-state index in [1.54, 1.807) is 30.3 Å². The van der Waals surface area contributed by atoms with Crippen molar-refractivity contribution in [1.82, 2.24) is 4.90 Å². The first kappa shape index (κ1) is 20.6. The quantitative estimate of drug-likeness (QED) is 0.684. The van der Waals surface area contributed by atoms with Gasteiger partial charge < -0.3 is 10.1 Å². The smallest absolute Gasteiger partial charge is 0.294 e. The Morgan fingerprint density at radius 3 is 2.48 bits per heavy atom. The number of hydrogen-bond donors (Lipinski definition) is 1. The van der Waals surface area contributed by atoms with E-state index >= 15 is 0 Å². The van der Waals surface area contributed by atoms with Gasteiger partial charge in [0.2, 0.25) is 5.91 Å². The number of amides is 3. The molecule has 1 N–H and O–H groups in total. The van der Waals surface area contributed by atoms with Crippen molar-refractivity contribution in [3.8, 4) is 5.75 Å². The van der Waals surface area contributed by atoms with E-state index in [1.165, 1.54) is 24.3 Å². The van der Waals surface area contributed by atoms with Crippen LogP contribution in [0, 0.1) is 5.82 Å². The predicted molar refractivity (Wildman–Crippen MR) is 110 cm³/mol. The summed E-state index contributed by atoms with van der Waals surface area (Å²) in [6, 6.07) is 12.4. The predicted octanol–water partition coefficient (Wildman–Crippen LogP) is 4.29. The number of carbonyl (C=O) groups is 3. The summed E-state index contributed by atoms with van der Waals surface area (Å²) in [5.41, 5.74) is 1.12. The van der Waals surface area contributed by atoms with Crippen LogP contribution in [0.1, 0.15) is 18.9 Å². The highest BCUT2D eigenvalue weighted by atomic mass is 32.2. The Morgan fingerprint density at radius 1 is 1.14 bits per heavy atom. The van der Waals surface area contributed by atoms with Crippen molar-refractivity contribution in [2.75, 3.05) is 18.5 Å². The molecular formula is C21H19FN2O4S. The molecule has 0 radical (unpaired) electrons. The Kier molecular flexibility index (Phi) is 6.66. The van der Waals surface area contributed by atoms with Gasteiger partial charge in [-0.3, -0.25) is 19.3 Å². The van der Waals surface area contributed by atoms with Gasteiger partial charge in [-0.1, -0.05) is 19.1 Å². The number of anilines is 1. The van der Waals surface area contributed by atoms with Crippen LogP contribution in [0.15, 0.2) is 53.4 Å². The van der Waals surface area contributed by atoms with Crippen LogP contribution in [0.4, 0.5) is 14.9 Å². The Balaban J connectivity index is 1.63. The highest BCUT2D eigenvalue weighted by Crippen LogP contribution is 2.32. The molecule has 0 saturated carbocycles. The van der Waals surface area contributed by atoms with E-state index in [-0.39, 0.29) is 4.91 Å². The first-order valence-corrected chi connectivity index (χ1v) is 9.81. The molecule has 2 aromatic rings. The molecule has 29 heavy (non-hydrogen) atoms. The number of halogens is 1. The standard InChI is InChI=1S/C21H19FN2O4S/c1-2-11-28-17-9-3-14(4-10-17)12-18-20(26)24(21(27)29-18)13-19(25)23-16-7-5-15(22)6-8-16/h3-10,12H,2,11,13H2,1H3,(H,23,25)/b18-12+. The number of hydrogen-bond acceptors (Lipinski definition) is 5. The van der Waals surface area contributed by atoms with Crippen molar-refractivity contribution in [3.63, 3.8) is 0 Å². The molecule has 0 bridgehead atoms. The van der Waals surface area contributed by atoms with Crippen molar-refractivity contribution in [1.29, 1.82) is 0 Å². The van der Waals surface area contributed by atoms with Crippen molar-refractivity contribution in [2.45, 2.75) is 13.3 Å². The zero-order valence-corrected chi connectivity index (χ0v) is 16.5. The highest BCUT2D eigenvalue weighted by Gasteiger charge is 2.36. The van der Waals surface area contributed by atoms with Gasteiger partial charge >= 0.3 is 0 Å². The van der Waals surface area contributed by atoms with E-state index < -0.39 is 29.4 Å². The number of rotatable bonds is 7. The normalized spacial score (nSPS) is 15.1. The number of ether oxygens (including phenoxy) is 1. The zero-order valence-electron chi connectivity index (χ0n) is 15.7. The van der Waals surface area contributed by atoms with E-state index in [9.17, 15) is 18.8 Å². The second-order valence-electron chi connectivity index (χ2n) is 6.24. The number of benzene rings is 2. The topological polar surface area (TPSA) is 75.7 Å². The molecular weight excluding hydrogens is 395 g/mol. The average Bonchev–Trinajstić information content (AvgIpc) is 2.96. The van der Waals surface area contributed by atoms with Gasteiger partial charge in [-0.2, -0.15) is 0 Å². The monoisotopic (exact) mass is 414 g/mol. The third-order valence-corrected chi connectivity index (χ3v) is 4.86. The fraction of sp³-hybridized carbons (Fsp3) is 0.190. The Labute approximate surface area is 171 Å². The molecule has 2 aromatic carbocycles. The second kappa shape index (κ2) is 9.38. The van der Waals surface area contributed by atoms with E-state index in [1.807, 2.05) is 6.92 Å². The van der Waals surface area contributed by atoms with Crippen molar-refractivity contribution >= 4 is 40.6 Å². The van der Waals surface area contributed by atoms with E-state index in [2.05, 4.69) is 5.32 Å². The lowest BCUT2D eigenvalue weighted by molar-refractivity contribution is -0.127. The summed E-state index contributed by atoms with van der Waals surface area (Å²) in [4.78, 5) is 38.0. The van der Waals surface area contributed by atoms with Crippen molar-refractivity contribution in [2.24, 2.45) is 0 Å². The number of nitrogens with zero attached hydrogens (tertiary/aromatic N) is 1. The summed E-state index contributed by atoms with van der Waals surface area (Å²) in [6.45, 7) is 2.23. The SMILES string of the molecule is CCCOc1ccc(/C=C2/SC(=O)N(CC(=O)Nc3ccc(F)cc3)C2=O)cc1. The first-order chi connectivity index (χ1) is 14.0. The summed E-state index contributed by atoms with van der Waals surface area (Å²) in [6.07, 6.45) is 2.51. The lowest BCUT2D eigenvalue weighted by Gasteiger charge is -2.12. The highest BCUT2D eigenvalue weighted by molar-refractivity contribution is 8.18. The second-order valence-corrected chi connectivity index (χ2v) is 7.23. The molecule has 1 saturated heterocycles. The molecule has 1 aliphatic rings. The van der Waals surface area contributed by atoms with Gasteiger partial charge in [-0.15, -0.1) is 0 Å². The minimum Gasteiger partial charge on any atom is -0.494 e. The largest absolute Gasteiger partial charge is 0.494 e. The molecule has 150 valence electrons. The summed E-state index contributed by atoms with van der Waals surface area (Å²) >= 11 is 0.783. The number of nitrogens with one attached hydrogen (secondary N) is 1. The van der Waals surface area contributed by atoms with Crippen LogP contribution >= 0.6 is 11.8 Å². The minimum atomic E-state index is -0.544. The van der Waals surface area contributed by atoms with Crippen molar-refractivity contribution in [3.05, 3.63) is 64.8 Å². The lowest BCUT2D eigenvalue weighted by Crippen LogP contribution is -2.36. The summed E-state index contributed by atoms with van der Waals surface area (Å²) in [5.74, 6) is -0.767. The van der Waals surface area contributed by atoms with E-state index in [0.29, 0.717) is 12.3 Å². The Bertz CT molecular complexity index is 942. The fourth-order valence-corrected chi connectivity index (χ4v) is 3.38. The van der Waals surface area contributed by atoms with Gasteiger partial charge in [0.1, 0.15) is 18.1 Å². The minimum absolute atomic E-state index is 0.242. The Hall–Kier alpha value is -3.13. The molecule has 0 spiro atoms. The molecule has 0 aromatic heterocycles. The molecule has 0 atom stereocenters. The third kappa shape index (κ3) is 5.45. The molecule has 6 nitrogen and oxygen atoms in total. The van der Waals surface area contributed by atoms with Crippen LogP contribution < -0.4 is 10.1 Å². The molecule has 1 aliphatic heterocycles. The van der Waals surface area contributed by atoms with Gasteiger partial charge in [0.05, 0.1) is 11.5 Å². The summed E-state index contributed by atoms with van der Waals surface area (Å²) in [7, 11) is 0. The molecule has 1 fully saturated rings. The van der Waals surface area contributed by atoms with Crippen molar-refractivity contribution < 1.29 is 23.5 Å². The third-order valence-electron chi connectivity index (χ3n) is 3.95. The summed E-state index contributed by atoms with van der Waals surface area (Å²) < 4.78 is 18.4. The summed E-state index contributed by atoms with van der Waals surface area (Å²) in [5, 5.41) is 2.01. The van der Waals surface area contributed by atoms with E-state index in [0.717, 1.165) is 34.4 Å². The Morgan fingerprint density at radius 2 is 1.83 bits per heavy atom. The van der Waals surface area contributed by atoms with Crippen LogP contribution in [0.25, 0.3) is 6.08 Å². The van der Waals surface area contributed by atoms with Crippen LogP contribution in [0.5, 0.6) is 5.75 Å².